The van der Waals surface area contributed by atoms with Gasteiger partial charge in [-0.25, -0.2) is 9.37 Å². The van der Waals surface area contributed by atoms with Gasteiger partial charge in [0.25, 0.3) is 0 Å². The smallest absolute Gasteiger partial charge is 0.169 e. The van der Waals surface area contributed by atoms with Crippen LogP contribution in [0.5, 0.6) is 11.5 Å². The summed E-state index contributed by atoms with van der Waals surface area (Å²) in [5, 5.41) is 0.600. The third kappa shape index (κ3) is 3.18. The number of thiol groups is 1. The Balaban J connectivity index is 1.87. The molecular formula is C21H21FN2O2S. The number of nitrogens with zero attached hydrogens (tertiary/aromatic N) is 2. The van der Waals surface area contributed by atoms with E-state index in [2.05, 4.69) is 29.7 Å². The first-order valence-corrected chi connectivity index (χ1v) is 9.35. The Morgan fingerprint density at radius 1 is 1.15 bits per heavy atom. The fourth-order valence-corrected chi connectivity index (χ4v) is 4.18. The molecule has 1 aromatic heterocycles. The summed E-state index contributed by atoms with van der Waals surface area (Å²) in [7, 11) is 3.14. The summed E-state index contributed by atoms with van der Waals surface area (Å²) in [6.45, 7) is 0. The second-order valence-electron chi connectivity index (χ2n) is 6.62. The second-order valence-corrected chi connectivity index (χ2v) is 7.02. The molecular weight excluding hydrogens is 363 g/mol. The molecule has 4 rings (SSSR count). The molecule has 1 heterocycles. The van der Waals surface area contributed by atoms with Crippen LogP contribution in [0.15, 0.2) is 47.6 Å². The molecule has 0 saturated heterocycles. The average molecular weight is 384 g/mol. The zero-order chi connectivity index (χ0) is 19.0. The lowest BCUT2D eigenvalue weighted by Crippen LogP contribution is -2.15. The predicted octanol–water partition coefficient (Wildman–Crippen LogP) is 4.79. The molecule has 140 valence electrons. The number of benzene rings is 2. The van der Waals surface area contributed by atoms with Crippen LogP contribution in [0.2, 0.25) is 0 Å². The van der Waals surface area contributed by atoms with Gasteiger partial charge in [0.1, 0.15) is 5.75 Å². The van der Waals surface area contributed by atoms with E-state index in [-0.39, 0.29) is 17.5 Å². The summed E-state index contributed by atoms with van der Waals surface area (Å²) < 4.78 is 26.5. The van der Waals surface area contributed by atoms with Crippen LogP contribution < -0.4 is 9.47 Å². The highest BCUT2D eigenvalue weighted by Crippen LogP contribution is 2.40. The SMILES string of the molecule is COc1cccc(C2CCCc3nc(S)n(-c4ccc(F)c(OC)c4)c32)c1. The first-order chi connectivity index (χ1) is 13.1. The minimum atomic E-state index is -0.389. The number of halogens is 1. The minimum Gasteiger partial charge on any atom is -0.497 e. The lowest BCUT2D eigenvalue weighted by atomic mass is 9.84. The molecule has 3 aromatic rings. The van der Waals surface area contributed by atoms with Gasteiger partial charge in [0.05, 0.1) is 31.3 Å². The van der Waals surface area contributed by atoms with Crippen LogP contribution in [0.3, 0.4) is 0 Å². The van der Waals surface area contributed by atoms with Gasteiger partial charge >= 0.3 is 0 Å². The van der Waals surface area contributed by atoms with Crippen LogP contribution >= 0.6 is 12.6 Å². The van der Waals surface area contributed by atoms with Gasteiger partial charge in [0.15, 0.2) is 16.7 Å². The summed E-state index contributed by atoms with van der Waals surface area (Å²) >= 11 is 4.61. The Morgan fingerprint density at radius 2 is 2.00 bits per heavy atom. The van der Waals surface area contributed by atoms with Crippen molar-refractivity contribution in [2.24, 2.45) is 0 Å². The molecule has 1 unspecified atom stereocenters. The van der Waals surface area contributed by atoms with Gasteiger partial charge in [-0.2, -0.15) is 0 Å². The summed E-state index contributed by atoms with van der Waals surface area (Å²) in [5.74, 6) is 0.824. The minimum absolute atomic E-state index is 0.174. The van der Waals surface area contributed by atoms with Crippen molar-refractivity contribution in [3.63, 3.8) is 0 Å². The quantitative estimate of drug-likeness (QED) is 0.658. The highest BCUT2D eigenvalue weighted by Gasteiger charge is 2.29. The average Bonchev–Trinajstić information content (AvgIpc) is 3.04. The number of ether oxygens (including phenoxy) is 2. The summed E-state index contributed by atoms with van der Waals surface area (Å²) in [5.41, 5.74) is 4.12. The predicted molar refractivity (Wildman–Crippen MR) is 105 cm³/mol. The highest BCUT2D eigenvalue weighted by atomic mass is 32.1. The molecule has 2 aromatic carbocycles. The first kappa shape index (κ1) is 17.9. The van der Waals surface area contributed by atoms with Crippen LogP contribution in [-0.4, -0.2) is 23.8 Å². The fourth-order valence-electron chi connectivity index (χ4n) is 3.84. The molecule has 0 aliphatic heterocycles. The topological polar surface area (TPSA) is 36.3 Å². The molecule has 27 heavy (non-hydrogen) atoms. The number of methoxy groups -OCH3 is 2. The maximum absolute atomic E-state index is 13.9. The molecule has 0 spiro atoms. The van der Waals surface area contributed by atoms with Crippen LogP contribution in [0.1, 0.15) is 35.7 Å². The molecule has 0 amide bonds. The molecule has 1 atom stereocenters. The van der Waals surface area contributed by atoms with Gasteiger partial charge in [-0.1, -0.05) is 12.1 Å². The summed E-state index contributed by atoms with van der Waals surface area (Å²) in [6, 6.07) is 13.0. The van der Waals surface area contributed by atoms with Gasteiger partial charge < -0.3 is 9.47 Å². The maximum Gasteiger partial charge on any atom is 0.169 e. The van der Waals surface area contributed by atoms with Crippen molar-refractivity contribution in [1.29, 1.82) is 0 Å². The highest BCUT2D eigenvalue weighted by molar-refractivity contribution is 7.80. The van der Waals surface area contributed by atoms with E-state index in [0.717, 1.165) is 42.1 Å². The van der Waals surface area contributed by atoms with Crippen molar-refractivity contribution in [1.82, 2.24) is 9.55 Å². The van der Waals surface area contributed by atoms with Crippen molar-refractivity contribution in [2.75, 3.05) is 14.2 Å². The lowest BCUT2D eigenvalue weighted by Gasteiger charge is -2.25. The molecule has 0 fully saturated rings. The Hall–Kier alpha value is -2.47. The molecule has 6 heteroatoms. The largest absolute Gasteiger partial charge is 0.497 e. The summed E-state index contributed by atoms with van der Waals surface area (Å²) in [4.78, 5) is 4.69. The van der Waals surface area contributed by atoms with Crippen LogP contribution in [0, 0.1) is 5.82 Å². The number of fused-ring (bicyclic) bond motifs is 1. The Labute approximate surface area is 163 Å². The van der Waals surface area contributed by atoms with E-state index in [1.54, 1.807) is 19.2 Å². The fraction of sp³-hybridized carbons (Fsp3) is 0.286. The molecule has 0 N–H and O–H groups in total. The van der Waals surface area contributed by atoms with E-state index < -0.39 is 0 Å². The van der Waals surface area contributed by atoms with Crippen molar-refractivity contribution in [2.45, 2.75) is 30.3 Å². The van der Waals surface area contributed by atoms with Gasteiger partial charge in [0.2, 0.25) is 0 Å². The van der Waals surface area contributed by atoms with Crippen LogP contribution in [0.4, 0.5) is 4.39 Å². The molecule has 1 aliphatic carbocycles. The number of aromatic nitrogens is 2. The first-order valence-electron chi connectivity index (χ1n) is 8.90. The summed E-state index contributed by atoms with van der Waals surface area (Å²) in [6.07, 6.45) is 2.98. The van der Waals surface area contributed by atoms with Gasteiger partial charge in [-0.15, -0.1) is 12.6 Å². The number of imidazole rings is 1. The van der Waals surface area contributed by atoms with Gasteiger partial charge in [-0.05, 0) is 49.1 Å². The van der Waals surface area contributed by atoms with E-state index in [0.29, 0.717) is 5.16 Å². The third-order valence-corrected chi connectivity index (χ3v) is 5.40. The Morgan fingerprint density at radius 3 is 2.78 bits per heavy atom. The van der Waals surface area contributed by atoms with Crippen molar-refractivity contribution < 1.29 is 13.9 Å². The van der Waals surface area contributed by atoms with Crippen molar-refractivity contribution in [3.05, 3.63) is 65.2 Å². The molecule has 4 nitrogen and oxygen atoms in total. The number of hydrogen-bond acceptors (Lipinski definition) is 4. The molecule has 0 radical (unpaired) electrons. The van der Waals surface area contributed by atoms with Gasteiger partial charge in [0, 0.05) is 12.0 Å². The van der Waals surface area contributed by atoms with E-state index in [9.17, 15) is 4.39 Å². The maximum atomic E-state index is 13.9. The standard InChI is InChI=1S/C21H21FN2O2S/c1-25-15-6-3-5-13(11-15)16-7-4-8-18-20(16)24(21(27)23-18)14-9-10-17(22)19(12-14)26-2/h3,5-6,9-12,16H,4,7-8H2,1-2H3,(H,23,27). The monoisotopic (exact) mass is 384 g/mol. The number of hydrogen-bond donors (Lipinski definition) is 1. The number of aryl methyl sites for hydroxylation is 1. The van der Waals surface area contributed by atoms with E-state index in [4.69, 9.17) is 9.47 Å². The third-order valence-electron chi connectivity index (χ3n) is 5.10. The molecule has 1 aliphatic rings. The zero-order valence-electron chi connectivity index (χ0n) is 15.3. The van der Waals surface area contributed by atoms with Crippen molar-refractivity contribution >= 4 is 12.6 Å². The Bertz CT molecular complexity index is 986. The lowest BCUT2D eigenvalue weighted by molar-refractivity contribution is 0.386. The van der Waals surface area contributed by atoms with E-state index in [1.807, 2.05) is 16.7 Å². The molecule has 0 saturated carbocycles. The van der Waals surface area contributed by atoms with E-state index >= 15 is 0 Å². The van der Waals surface area contributed by atoms with E-state index in [1.165, 1.54) is 18.7 Å². The van der Waals surface area contributed by atoms with Gasteiger partial charge in [-0.3, -0.25) is 4.57 Å². The van der Waals surface area contributed by atoms with Crippen molar-refractivity contribution in [3.8, 4) is 17.2 Å². The van der Waals surface area contributed by atoms with Crippen LogP contribution in [-0.2, 0) is 6.42 Å². The number of rotatable bonds is 4. The zero-order valence-corrected chi connectivity index (χ0v) is 16.2. The van der Waals surface area contributed by atoms with Crippen LogP contribution in [0.25, 0.3) is 5.69 Å². The Kier molecular flexibility index (Phi) is 4.83. The second kappa shape index (κ2) is 7.27. The molecule has 0 bridgehead atoms. The normalized spacial score (nSPS) is 16.1.